The molecule has 1 N–H and O–H groups in total. The van der Waals surface area contributed by atoms with Gasteiger partial charge in [0.25, 0.3) is 0 Å². The summed E-state index contributed by atoms with van der Waals surface area (Å²) in [5.41, 5.74) is 2.53. The van der Waals surface area contributed by atoms with Crippen LogP contribution in [0.25, 0.3) is 0 Å². The quantitative estimate of drug-likeness (QED) is 0.722. The summed E-state index contributed by atoms with van der Waals surface area (Å²) in [4.78, 5) is 0. The summed E-state index contributed by atoms with van der Waals surface area (Å²) < 4.78 is 0. The Hall–Kier alpha value is -1.08. The lowest BCUT2D eigenvalue weighted by Gasteiger charge is -2.23. The van der Waals surface area contributed by atoms with Crippen molar-refractivity contribution in [2.24, 2.45) is 5.92 Å². The zero-order valence-corrected chi connectivity index (χ0v) is 9.96. The van der Waals surface area contributed by atoms with Crippen molar-refractivity contribution >= 4 is 0 Å². The third kappa shape index (κ3) is 3.88. The zero-order valence-electron chi connectivity index (χ0n) is 9.96. The molecule has 0 aliphatic carbocycles. The number of rotatable bonds is 5. The molecule has 1 heteroatoms. The molecule has 0 unspecified atom stereocenters. The first-order chi connectivity index (χ1) is 7.11. The normalized spacial score (nSPS) is 12.8. The molecule has 1 atom stereocenters. The monoisotopic (exact) mass is 203 g/mol. The number of nitrogens with one attached hydrogen (secondary N) is 1. The molecule has 0 amide bonds. The Morgan fingerprint density at radius 1 is 1.27 bits per heavy atom. The molecule has 0 spiro atoms. The molecule has 82 valence electrons. The van der Waals surface area contributed by atoms with Crippen LogP contribution in [0.5, 0.6) is 0 Å². The topological polar surface area (TPSA) is 12.0 Å². The smallest absolute Gasteiger partial charge is 0.0346 e. The van der Waals surface area contributed by atoms with Crippen molar-refractivity contribution in [2.75, 3.05) is 6.54 Å². The van der Waals surface area contributed by atoms with E-state index in [2.05, 4.69) is 63.0 Å². The Balaban J connectivity index is 2.70. The molecule has 1 aromatic carbocycles. The number of benzene rings is 1. The van der Waals surface area contributed by atoms with Crippen molar-refractivity contribution in [1.82, 2.24) is 5.32 Å². The van der Waals surface area contributed by atoms with Crippen LogP contribution in [0.2, 0.25) is 0 Å². The van der Waals surface area contributed by atoms with E-state index in [1.165, 1.54) is 11.1 Å². The van der Waals surface area contributed by atoms with Gasteiger partial charge in [0.15, 0.2) is 0 Å². The van der Waals surface area contributed by atoms with Gasteiger partial charge in [0.05, 0.1) is 0 Å². The molecule has 15 heavy (non-hydrogen) atoms. The van der Waals surface area contributed by atoms with E-state index < -0.39 is 0 Å². The maximum Gasteiger partial charge on any atom is 0.0346 e. The molecule has 0 fully saturated rings. The predicted molar refractivity (Wildman–Crippen MR) is 66.8 cm³/mol. The van der Waals surface area contributed by atoms with Gasteiger partial charge in [-0.05, 0) is 18.4 Å². The van der Waals surface area contributed by atoms with E-state index >= 15 is 0 Å². The molecule has 1 rings (SSSR count). The summed E-state index contributed by atoms with van der Waals surface area (Å²) in [6, 6.07) is 11.0. The molecule has 0 heterocycles. The number of hydrogen-bond acceptors (Lipinski definition) is 1. The minimum Gasteiger partial charge on any atom is -0.306 e. The van der Waals surface area contributed by atoms with E-state index in [4.69, 9.17) is 0 Å². The third-order valence-corrected chi connectivity index (χ3v) is 2.45. The highest BCUT2D eigenvalue weighted by molar-refractivity contribution is 5.19. The Morgan fingerprint density at radius 3 is 2.33 bits per heavy atom. The molecular weight excluding hydrogens is 182 g/mol. The average molecular weight is 203 g/mol. The summed E-state index contributed by atoms with van der Waals surface area (Å²) >= 11 is 0. The van der Waals surface area contributed by atoms with Crippen LogP contribution in [0.3, 0.4) is 0 Å². The lowest BCUT2D eigenvalue weighted by atomic mass is 9.96. The predicted octanol–water partition coefficient (Wildman–Crippen LogP) is 3.55. The minimum atomic E-state index is 0.419. The van der Waals surface area contributed by atoms with E-state index in [1.54, 1.807) is 0 Å². The van der Waals surface area contributed by atoms with Crippen molar-refractivity contribution < 1.29 is 0 Å². The molecule has 0 bridgehead atoms. The molecular formula is C14H21N. The standard InChI is InChI=1S/C14H21N/c1-11(2)10-15-14(12(3)4)13-8-6-5-7-9-13/h5-9,12,14-15H,1,10H2,2-4H3/t14-/m1/s1. The third-order valence-electron chi connectivity index (χ3n) is 2.45. The summed E-state index contributed by atoms with van der Waals surface area (Å²) in [5.74, 6) is 0.590. The van der Waals surface area contributed by atoms with Gasteiger partial charge in [0.1, 0.15) is 0 Å². The van der Waals surface area contributed by atoms with Crippen LogP contribution in [-0.2, 0) is 0 Å². The first-order valence-electron chi connectivity index (χ1n) is 5.54. The largest absolute Gasteiger partial charge is 0.306 e. The average Bonchev–Trinajstić information content (AvgIpc) is 2.18. The van der Waals surface area contributed by atoms with Crippen LogP contribution in [0.1, 0.15) is 32.4 Å². The zero-order chi connectivity index (χ0) is 11.3. The second kappa shape index (κ2) is 5.72. The Morgan fingerprint density at radius 2 is 1.87 bits per heavy atom. The lowest BCUT2D eigenvalue weighted by Crippen LogP contribution is -2.26. The highest BCUT2D eigenvalue weighted by atomic mass is 14.9. The van der Waals surface area contributed by atoms with Crippen molar-refractivity contribution in [3.05, 3.63) is 48.0 Å². The van der Waals surface area contributed by atoms with Gasteiger partial charge in [-0.15, -0.1) is 0 Å². The molecule has 0 aliphatic rings. The van der Waals surface area contributed by atoms with Crippen molar-refractivity contribution in [3.8, 4) is 0 Å². The Labute approximate surface area is 93.2 Å². The fourth-order valence-corrected chi connectivity index (χ4v) is 1.68. The summed E-state index contributed by atoms with van der Waals surface area (Å²) in [6.45, 7) is 11.3. The van der Waals surface area contributed by atoms with Gasteiger partial charge in [-0.2, -0.15) is 0 Å². The molecule has 0 aliphatic heterocycles. The maximum atomic E-state index is 3.92. The number of hydrogen-bond donors (Lipinski definition) is 1. The molecule has 1 aromatic rings. The first-order valence-corrected chi connectivity index (χ1v) is 5.54. The van der Waals surface area contributed by atoms with Crippen LogP contribution >= 0.6 is 0 Å². The second-order valence-corrected chi connectivity index (χ2v) is 4.47. The van der Waals surface area contributed by atoms with Crippen LogP contribution in [0.15, 0.2) is 42.5 Å². The lowest BCUT2D eigenvalue weighted by molar-refractivity contribution is 0.426. The van der Waals surface area contributed by atoms with E-state index in [0.717, 1.165) is 6.54 Å². The van der Waals surface area contributed by atoms with Crippen molar-refractivity contribution in [3.63, 3.8) is 0 Å². The van der Waals surface area contributed by atoms with Gasteiger partial charge in [-0.1, -0.05) is 56.3 Å². The van der Waals surface area contributed by atoms with Crippen molar-refractivity contribution in [2.45, 2.75) is 26.8 Å². The van der Waals surface area contributed by atoms with Gasteiger partial charge in [0, 0.05) is 12.6 Å². The van der Waals surface area contributed by atoms with Crippen molar-refractivity contribution in [1.29, 1.82) is 0 Å². The van der Waals surface area contributed by atoms with Crippen LogP contribution < -0.4 is 5.32 Å². The fourth-order valence-electron chi connectivity index (χ4n) is 1.68. The van der Waals surface area contributed by atoms with E-state index in [-0.39, 0.29) is 0 Å². The van der Waals surface area contributed by atoms with Crippen LogP contribution in [-0.4, -0.2) is 6.54 Å². The summed E-state index contributed by atoms with van der Waals surface area (Å²) in [5, 5.41) is 3.54. The summed E-state index contributed by atoms with van der Waals surface area (Å²) in [7, 11) is 0. The Bertz CT molecular complexity index is 300. The molecule has 1 nitrogen and oxygen atoms in total. The SMILES string of the molecule is C=C(C)CN[C@@H](c1ccccc1)C(C)C. The highest BCUT2D eigenvalue weighted by Gasteiger charge is 2.13. The molecule has 0 saturated carbocycles. The van der Waals surface area contributed by atoms with Gasteiger partial charge in [0.2, 0.25) is 0 Å². The fraction of sp³-hybridized carbons (Fsp3) is 0.429. The van der Waals surface area contributed by atoms with Crippen LogP contribution in [0, 0.1) is 5.92 Å². The Kier molecular flexibility index (Phi) is 4.57. The van der Waals surface area contributed by atoms with E-state index in [9.17, 15) is 0 Å². The van der Waals surface area contributed by atoms with Crippen LogP contribution in [0.4, 0.5) is 0 Å². The summed E-state index contributed by atoms with van der Waals surface area (Å²) in [6.07, 6.45) is 0. The highest BCUT2D eigenvalue weighted by Crippen LogP contribution is 2.21. The minimum absolute atomic E-state index is 0.419. The first kappa shape index (κ1) is 12.0. The molecule has 0 saturated heterocycles. The van der Waals surface area contributed by atoms with Gasteiger partial charge < -0.3 is 5.32 Å². The van der Waals surface area contributed by atoms with Gasteiger partial charge in [-0.25, -0.2) is 0 Å². The second-order valence-electron chi connectivity index (χ2n) is 4.47. The van der Waals surface area contributed by atoms with Gasteiger partial charge in [-0.3, -0.25) is 0 Å². The molecule has 0 aromatic heterocycles. The van der Waals surface area contributed by atoms with E-state index in [0.29, 0.717) is 12.0 Å². The van der Waals surface area contributed by atoms with E-state index in [1.807, 2.05) is 0 Å². The maximum absolute atomic E-state index is 3.92. The molecule has 0 radical (unpaired) electrons. The van der Waals surface area contributed by atoms with Gasteiger partial charge >= 0.3 is 0 Å².